The number of benzene rings is 1. The smallest absolute Gasteiger partial charge is 0.305 e. The second kappa shape index (κ2) is 12.1. The molecule has 0 saturated heterocycles. The van der Waals surface area contributed by atoms with Crippen molar-refractivity contribution in [3.63, 3.8) is 0 Å². The molecule has 0 atom stereocenters. The monoisotopic (exact) mass is 290 g/mol. The Bertz CT molecular complexity index is 387. The van der Waals surface area contributed by atoms with Gasteiger partial charge in [-0.25, -0.2) is 0 Å². The van der Waals surface area contributed by atoms with E-state index >= 15 is 0 Å². The van der Waals surface area contributed by atoms with Crippen LogP contribution >= 0.6 is 0 Å². The predicted octanol–water partition coefficient (Wildman–Crippen LogP) is 4.09. The highest BCUT2D eigenvalue weighted by molar-refractivity contribution is 5.69. The van der Waals surface area contributed by atoms with Crippen LogP contribution in [0.3, 0.4) is 0 Å². The highest BCUT2D eigenvalue weighted by atomic mass is 16.5. The third kappa shape index (κ3) is 9.83. The number of carbonyl (C=O) groups excluding carboxylic acids is 2. The topological polar surface area (TPSA) is 43.4 Å². The van der Waals surface area contributed by atoms with Crippen molar-refractivity contribution in [2.24, 2.45) is 0 Å². The highest BCUT2D eigenvalue weighted by Gasteiger charge is 2.02. The number of hydrogen-bond acceptors (Lipinski definition) is 3. The molecule has 0 spiro atoms. The molecule has 0 saturated carbocycles. The van der Waals surface area contributed by atoms with E-state index in [-0.39, 0.29) is 5.97 Å². The molecule has 0 unspecified atom stereocenters. The van der Waals surface area contributed by atoms with Crippen LogP contribution in [0.5, 0.6) is 0 Å². The third-order valence-corrected chi connectivity index (χ3v) is 3.45. The zero-order valence-electron chi connectivity index (χ0n) is 12.8. The van der Waals surface area contributed by atoms with E-state index in [1.165, 1.54) is 5.56 Å². The summed E-state index contributed by atoms with van der Waals surface area (Å²) in [5, 5.41) is 0. The van der Waals surface area contributed by atoms with E-state index in [0.717, 1.165) is 51.2 Å². The zero-order valence-corrected chi connectivity index (χ0v) is 12.8. The number of rotatable bonds is 12. The molecular formula is C18H26O3. The molecule has 0 aliphatic rings. The molecule has 3 nitrogen and oxygen atoms in total. The van der Waals surface area contributed by atoms with Crippen molar-refractivity contribution in [1.29, 1.82) is 0 Å². The molecule has 0 radical (unpaired) electrons. The lowest BCUT2D eigenvalue weighted by Gasteiger charge is -2.05. The second-order valence-electron chi connectivity index (χ2n) is 5.28. The maximum absolute atomic E-state index is 11.5. The van der Waals surface area contributed by atoms with E-state index in [9.17, 15) is 9.59 Å². The van der Waals surface area contributed by atoms with Crippen LogP contribution in [0.25, 0.3) is 0 Å². The van der Waals surface area contributed by atoms with Gasteiger partial charge >= 0.3 is 5.97 Å². The fourth-order valence-electron chi connectivity index (χ4n) is 2.20. The highest BCUT2D eigenvalue weighted by Crippen LogP contribution is 2.08. The Balaban J connectivity index is 1.91. The minimum Gasteiger partial charge on any atom is -0.465 e. The van der Waals surface area contributed by atoms with Gasteiger partial charge in [0.2, 0.25) is 0 Å². The summed E-state index contributed by atoms with van der Waals surface area (Å²) < 4.78 is 5.23. The van der Waals surface area contributed by atoms with E-state index in [0.29, 0.717) is 19.4 Å². The first kappa shape index (κ1) is 17.4. The first-order valence-corrected chi connectivity index (χ1v) is 7.96. The molecule has 0 amide bonds. The van der Waals surface area contributed by atoms with Gasteiger partial charge in [0.15, 0.2) is 0 Å². The van der Waals surface area contributed by atoms with Crippen LogP contribution in [0, 0.1) is 0 Å². The summed E-state index contributed by atoms with van der Waals surface area (Å²) in [7, 11) is 0. The zero-order chi connectivity index (χ0) is 15.2. The van der Waals surface area contributed by atoms with Gasteiger partial charge in [0.25, 0.3) is 0 Å². The van der Waals surface area contributed by atoms with Crippen LogP contribution < -0.4 is 0 Å². The molecule has 1 aromatic rings. The lowest BCUT2D eigenvalue weighted by molar-refractivity contribution is -0.143. The molecule has 0 aliphatic heterocycles. The predicted molar refractivity (Wildman–Crippen MR) is 84.1 cm³/mol. The molecule has 0 aliphatic carbocycles. The molecule has 0 bridgehead atoms. The van der Waals surface area contributed by atoms with E-state index in [1.54, 1.807) is 0 Å². The summed E-state index contributed by atoms with van der Waals surface area (Å²) in [6.07, 6.45) is 9.30. The Kier molecular flexibility index (Phi) is 10.1. The van der Waals surface area contributed by atoms with Crippen LogP contribution in [0.2, 0.25) is 0 Å². The molecule has 0 N–H and O–H groups in total. The summed E-state index contributed by atoms with van der Waals surface area (Å²) in [5.74, 6) is -0.0908. The third-order valence-electron chi connectivity index (χ3n) is 3.45. The van der Waals surface area contributed by atoms with Gasteiger partial charge in [0.1, 0.15) is 6.29 Å². The van der Waals surface area contributed by atoms with Gasteiger partial charge < -0.3 is 9.53 Å². The van der Waals surface area contributed by atoms with Crippen molar-refractivity contribution in [3.05, 3.63) is 35.9 Å². The van der Waals surface area contributed by atoms with E-state index < -0.39 is 0 Å². The standard InChI is InChI=1S/C18H26O3/c19-15-10-5-3-1-2-4-9-13-18(20)21-16-14-17-11-7-6-8-12-17/h6-8,11-12,15H,1-5,9-10,13-14,16H2. The number of hydrogen-bond donors (Lipinski definition) is 0. The molecular weight excluding hydrogens is 264 g/mol. The second-order valence-corrected chi connectivity index (χ2v) is 5.28. The summed E-state index contributed by atoms with van der Waals surface area (Å²) in [6.45, 7) is 0.467. The Morgan fingerprint density at radius 2 is 1.62 bits per heavy atom. The number of carbonyl (C=O) groups is 2. The first-order valence-electron chi connectivity index (χ1n) is 7.96. The Morgan fingerprint density at radius 1 is 0.952 bits per heavy atom. The van der Waals surface area contributed by atoms with E-state index in [2.05, 4.69) is 0 Å². The average Bonchev–Trinajstić information content (AvgIpc) is 2.51. The Hall–Kier alpha value is -1.64. The molecule has 0 aromatic heterocycles. The largest absolute Gasteiger partial charge is 0.465 e. The summed E-state index contributed by atoms with van der Waals surface area (Å²) in [6, 6.07) is 10.0. The van der Waals surface area contributed by atoms with Gasteiger partial charge in [-0.05, 0) is 18.4 Å². The van der Waals surface area contributed by atoms with Gasteiger partial charge in [-0.1, -0.05) is 56.0 Å². The molecule has 116 valence electrons. The Labute approximate surface area is 127 Å². The summed E-state index contributed by atoms with van der Waals surface area (Å²) in [4.78, 5) is 21.7. The quantitative estimate of drug-likeness (QED) is 0.331. The van der Waals surface area contributed by atoms with Crippen LogP contribution in [-0.4, -0.2) is 18.9 Å². The minimum atomic E-state index is -0.0908. The van der Waals surface area contributed by atoms with Crippen molar-refractivity contribution in [3.8, 4) is 0 Å². The first-order chi connectivity index (χ1) is 10.3. The lowest BCUT2D eigenvalue weighted by Crippen LogP contribution is -2.07. The van der Waals surface area contributed by atoms with E-state index in [4.69, 9.17) is 4.74 Å². The summed E-state index contributed by atoms with van der Waals surface area (Å²) in [5.41, 5.74) is 1.20. The van der Waals surface area contributed by atoms with Gasteiger partial charge in [0.05, 0.1) is 6.61 Å². The molecule has 1 rings (SSSR count). The Morgan fingerprint density at radius 3 is 2.33 bits per heavy atom. The number of aldehydes is 1. The molecule has 21 heavy (non-hydrogen) atoms. The maximum atomic E-state index is 11.5. The number of unbranched alkanes of at least 4 members (excludes halogenated alkanes) is 6. The maximum Gasteiger partial charge on any atom is 0.305 e. The van der Waals surface area contributed by atoms with Crippen molar-refractivity contribution in [1.82, 2.24) is 0 Å². The number of ether oxygens (including phenoxy) is 1. The minimum absolute atomic E-state index is 0.0908. The molecule has 0 heterocycles. The van der Waals surface area contributed by atoms with Gasteiger partial charge in [-0.3, -0.25) is 4.79 Å². The van der Waals surface area contributed by atoms with Crippen molar-refractivity contribution >= 4 is 12.3 Å². The summed E-state index contributed by atoms with van der Waals surface area (Å²) >= 11 is 0. The molecule has 0 fully saturated rings. The fraction of sp³-hybridized carbons (Fsp3) is 0.556. The fourth-order valence-corrected chi connectivity index (χ4v) is 2.20. The van der Waals surface area contributed by atoms with Gasteiger partial charge in [0, 0.05) is 19.3 Å². The normalized spacial score (nSPS) is 10.3. The molecule has 3 heteroatoms. The van der Waals surface area contributed by atoms with Crippen molar-refractivity contribution in [2.45, 2.75) is 57.8 Å². The van der Waals surface area contributed by atoms with Gasteiger partial charge in [-0.2, -0.15) is 0 Å². The average molecular weight is 290 g/mol. The van der Waals surface area contributed by atoms with Crippen LogP contribution in [0.4, 0.5) is 0 Å². The van der Waals surface area contributed by atoms with Crippen molar-refractivity contribution in [2.75, 3.05) is 6.61 Å². The number of esters is 1. The molecule has 1 aromatic carbocycles. The van der Waals surface area contributed by atoms with E-state index in [1.807, 2.05) is 30.3 Å². The van der Waals surface area contributed by atoms with Crippen LogP contribution in [0.1, 0.15) is 56.9 Å². The SMILES string of the molecule is O=CCCCCCCCCC(=O)OCCc1ccccc1. The van der Waals surface area contributed by atoms with Crippen LogP contribution in [0.15, 0.2) is 30.3 Å². The van der Waals surface area contributed by atoms with Crippen molar-refractivity contribution < 1.29 is 14.3 Å². The lowest BCUT2D eigenvalue weighted by atomic mass is 10.1. The van der Waals surface area contributed by atoms with Gasteiger partial charge in [-0.15, -0.1) is 0 Å². The van der Waals surface area contributed by atoms with Crippen LogP contribution in [-0.2, 0) is 20.7 Å².